The molecular weight excluding hydrogens is 283 g/mol. The van der Waals surface area contributed by atoms with E-state index in [2.05, 4.69) is 10.6 Å². The van der Waals surface area contributed by atoms with Crippen molar-refractivity contribution in [3.63, 3.8) is 0 Å². The summed E-state index contributed by atoms with van der Waals surface area (Å²) in [6.45, 7) is 8.97. The van der Waals surface area contributed by atoms with Crippen LogP contribution in [0.25, 0.3) is 0 Å². The molecule has 3 amide bonds. The van der Waals surface area contributed by atoms with Crippen LogP contribution >= 0.6 is 7.60 Å². The van der Waals surface area contributed by atoms with Gasteiger partial charge >= 0.3 is 13.6 Å². The van der Waals surface area contributed by atoms with Gasteiger partial charge in [-0.2, -0.15) is 0 Å². The van der Waals surface area contributed by atoms with Gasteiger partial charge in [-0.25, -0.2) is 4.79 Å². The lowest BCUT2D eigenvalue weighted by Crippen LogP contribution is -2.49. The Morgan fingerprint density at radius 1 is 1.20 bits per heavy atom. The molecule has 20 heavy (non-hydrogen) atoms. The zero-order chi connectivity index (χ0) is 15.6. The van der Waals surface area contributed by atoms with Crippen molar-refractivity contribution in [1.29, 1.82) is 0 Å². The molecular formula is C12H23N2O5P. The fraction of sp³-hybridized carbons (Fsp3) is 0.833. The molecule has 116 valence electrons. The third-order valence-electron chi connectivity index (χ3n) is 3.24. The van der Waals surface area contributed by atoms with E-state index < -0.39 is 30.2 Å². The fourth-order valence-electron chi connectivity index (χ4n) is 2.39. The second kappa shape index (κ2) is 5.84. The first-order valence-corrected chi connectivity index (χ1v) is 8.17. The molecule has 1 unspecified atom stereocenters. The largest absolute Gasteiger partial charge is 0.336 e. The van der Waals surface area contributed by atoms with Crippen molar-refractivity contribution in [2.45, 2.75) is 51.7 Å². The van der Waals surface area contributed by atoms with Crippen LogP contribution in [0, 0.1) is 0 Å². The summed E-state index contributed by atoms with van der Waals surface area (Å²) in [5.41, 5.74) is -1.12. The monoisotopic (exact) mass is 306 g/mol. The summed E-state index contributed by atoms with van der Waals surface area (Å²) in [4.78, 5) is 23.1. The molecule has 0 aromatic heterocycles. The molecule has 1 saturated heterocycles. The van der Waals surface area contributed by atoms with Crippen LogP contribution in [0.3, 0.4) is 0 Å². The number of carbonyl (C=O) groups is 2. The molecule has 0 aromatic carbocycles. The number of imide groups is 1. The summed E-state index contributed by atoms with van der Waals surface area (Å²) >= 11 is 0. The lowest BCUT2D eigenvalue weighted by molar-refractivity contribution is -0.123. The van der Waals surface area contributed by atoms with Gasteiger partial charge in [-0.1, -0.05) is 0 Å². The minimum absolute atomic E-state index is 0.148. The van der Waals surface area contributed by atoms with Crippen LogP contribution in [0.1, 0.15) is 41.0 Å². The molecule has 0 aliphatic carbocycles. The van der Waals surface area contributed by atoms with Crippen LogP contribution in [-0.4, -0.2) is 35.8 Å². The van der Waals surface area contributed by atoms with E-state index in [4.69, 9.17) is 9.05 Å². The van der Waals surface area contributed by atoms with Crippen molar-refractivity contribution >= 4 is 19.5 Å². The van der Waals surface area contributed by atoms with Gasteiger partial charge in [0.25, 0.3) is 5.91 Å². The van der Waals surface area contributed by atoms with Crippen molar-refractivity contribution in [1.82, 2.24) is 10.6 Å². The maximum absolute atomic E-state index is 12.9. The highest BCUT2D eigenvalue weighted by Crippen LogP contribution is 2.62. The van der Waals surface area contributed by atoms with E-state index in [0.29, 0.717) is 0 Å². The molecule has 1 rings (SSSR count). The van der Waals surface area contributed by atoms with E-state index in [1.807, 2.05) is 0 Å². The smallest absolute Gasteiger partial charge is 0.324 e. The van der Waals surface area contributed by atoms with Gasteiger partial charge in [-0.3, -0.25) is 14.7 Å². The van der Waals surface area contributed by atoms with Crippen LogP contribution < -0.4 is 10.6 Å². The number of nitrogens with one attached hydrogen (secondary N) is 2. The summed E-state index contributed by atoms with van der Waals surface area (Å²) in [7, 11) is -3.39. The molecule has 0 aromatic rings. The molecule has 8 heteroatoms. The summed E-state index contributed by atoms with van der Waals surface area (Å²) in [6.07, 6.45) is 0.148. The molecule has 1 fully saturated rings. The minimum atomic E-state index is -3.39. The number of hydrogen-bond acceptors (Lipinski definition) is 5. The maximum atomic E-state index is 12.9. The number of amides is 3. The van der Waals surface area contributed by atoms with E-state index in [9.17, 15) is 14.2 Å². The zero-order valence-corrected chi connectivity index (χ0v) is 13.5. The van der Waals surface area contributed by atoms with Crippen LogP contribution in [0.5, 0.6) is 0 Å². The molecule has 1 heterocycles. The van der Waals surface area contributed by atoms with Gasteiger partial charge in [0.2, 0.25) is 0 Å². The number of urea groups is 1. The van der Waals surface area contributed by atoms with Gasteiger partial charge in [0.15, 0.2) is 0 Å². The molecule has 0 spiro atoms. The van der Waals surface area contributed by atoms with E-state index in [-0.39, 0.29) is 19.6 Å². The summed E-state index contributed by atoms with van der Waals surface area (Å²) in [5.74, 6) is -0.435. The Morgan fingerprint density at radius 2 is 1.70 bits per heavy atom. The second-order valence-corrected chi connectivity index (χ2v) is 8.28. The SMILES string of the molecule is CCOP(=O)(OCC)C(C)(C)CC1(C)NC(=O)NC1=O. The summed E-state index contributed by atoms with van der Waals surface area (Å²) in [5, 5.41) is 3.83. The van der Waals surface area contributed by atoms with Gasteiger partial charge in [0.05, 0.1) is 18.4 Å². The predicted molar refractivity (Wildman–Crippen MR) is 74.6 cm³/mol. The number of hydrogen-bond donors (Lipinski definition) is 2. The molecule has 7 nitrogen and oxygen atoms in total. The maximum Gasteiger partial charge on any atom is 0.336 e. The Morgan fingerprint density at radius 3 is 2.05 bits per heavy atom. The topological polar surface area (TPSA) is 93.7 Å². The Bertz CT molecular complexity index is 441. The van der Waals surface area contributed by atoms with Gasteiger partial charge in [-0.15, -0.1) is 0 Å². The van der Waals surface area contributed by atoms with Gasteiger partial charge in [-0.05, 0) is 41.0 Å². The van der Waals surface area contributed by atoms with E-state index in [1.165, 1.54) is 0 Å². The first-order valence-electron chi connectivity index (χ1n) is 6.63. The van der Waals surface area contributed by atoms with Crippen molar-refractivity contribution < 1.29 is 23.2 Å². The van der Waals surface area contributed by atoms with Crippen molar-refractivity contribution in [2.75, 3.05) is 13.2 Å². The third kappa shape index (κ3) is 3.22. The Hall–Kier alpha value is -0.910. The number of carbonyl (C=O) groups excluding carboxylic acids is 2. The lowest BCUT2D eigenvalue weighted by Gasteiger charge is -2.37. The lowest BCUT2D eigenvalue weighted by atomic mass is 9.90. The molecule has 0 bridgehead atoms. The Kier molecular flexibility index (Phi) is 5.00. The summed E-state index contributed by atoms with van der Waals surface area (Å²) < 4.78 is 23.5. The average Bonchev–Trinajstić information content (AvgIpc) is 2.51. The fourth-order valence-corrected chi connectivity index (χ4v) is 4.36. The second-order valence-electron chi connectivity index (χ2n) is 5.56. The molecule has 1 aliphatic rings. The minimum Gasteiger partial charge on any atom is -0.324 e. The van der Waals surface area contributed by atoms with Crippen LogP contribution in [0.4, 0.5) is 4.79 Å². The predicted octanol–water partition coefficient (Wildman–Crippen LogP) is 2.02. The van der Waals surface area contributed by atoms with Gasteiger partial charge in [0.1, 0.15) is 5.54 Å². The van der Waals surface area contributed by atoms with Crippen LogP contribution in [-0.2, 0) is 18.4 Å². The molecule has 0 radical (unpaired) electrons. The highest BCUT2D eigenvalue weighted by atomic mass is 31.2. The first-order chi connectivity index (χ1) is 9.10. The Balaban J connectivity index is 3.00. The standard InChI is InChI=1S/C12H23N2O5P/c1-6-18-20(17,19-7-2)11(3,4)8-12(5)9(15)13-10(16)14-12/h6-8H2,1-5H3,(H2,13,14,15,16). The normalized spacial score (nSPS) is 23.6. The van der Waals surface area contributed by atoms with Crippen molar-refractivity contribution in [2.24, 2.45) is 0 Å². The third-order valence-corrected chi connectivity index (χ3v) is 6.08. The van der Waals surface area contributed by atoms with Crippen LogP contribution in [0.15, 0.2) is 0 Å². The highest BCUT2D eigenvalue weighted by Gasteiger charge is 2.52. The quantitative estimate of drug-likeness (QED) is 0.554. The zero-order valence-electron chi connectivity index (χ0n) is 12.6. The molecule has 2 N–H and O–H groups in total. The van der Waals surface area contributed by atoms with Crippen LogP contribution in [0.2, 0.25) is 0 Å². The first kappa shape index (κ1) is 17.1. The van der Waals surface area contributed by atoms with Gasteiger partial charge < -0.3 is 14.4 Å². The molecule has 1 aliphatic heterocycles. The number of rotatable bonds is 7. The molecule has 1 atom stereocenters. The molecule has 0 saturated carbocycles. The van der Waals surface area contributed by atoms with E-state index in [1.54, 1.807) is 34.6 Å². The van der Waals surface area contributed by atoms with Crippen molar-refractivity contribution in [3.05, 3.63) is 0 Å². The van der Waals surface area contributed by atoms with Crippen molar-refractivity contribution in [3.8, 4) is 0 Å². The average molecular weight is 306 g/mol. The van der Waals surface area contributed by atoms with E-state index in [0.717, 1.165) is 0 Å². The van der Waals surface area contributed by atoms with E-state index >= 15 is 0 Å². The summed E-state index contributed by atoms with van der Waals surface area (Å²) in [6, 6.07) is -0.545. The Labute approximate surface area is 119 Å². The highest BCUT2D eigenvalue weighted by molar-refractivity contribution is 7.55. The van der Waals surface area contributed by atoms with Gasteiger partial charge in [0, 0.05) is 0 Å².